The van der Waals surface area contributed by atoms with Gasteiger partial charge in [0.2, 0.25) is 0 Å². The van der Waals surface area contributed by atoms with Gasteiger partial charge >= 0.3 is 20.4 Å². The molecule has 0 saturated heterocycles. The zero-order valence-corrected chi connectivity index (χ0v) is 22.1. The van der Waals surface area contributed by atoms with Gasteiger partial charge in [0, 0.05) is 23.9 Å². The summed E-state index contributed by atoms with van der Waals surface area (Å²) in [5.74, 6) is 1.25. The van der Waals surface area contributed by atoms with Crippen LogP contribution in [0.15, 0.2) is 73.1 Å². The van der Waals surface area contributed by atoms with E-state index in [2.05, 4.69) is 75.8 Å². The van der Waals surface area contributed by atoms with Crippen molar-refractivity contribution < 1.29 is 25.2 Å². The van der Waals surface area contributed by atoms with E-state index in [1.165, 1.54) is 11.1 Å². The Morgan fingerprint density at radius 3 is 1.32 bits per heavy atom. The number of pyridine rings is 2. The molecule has 0 bridgehead atoms. The maximum Gasteiger partial charge on any atom is 2.00 e. The fraction of sp³-hybridized carbons (Fsp3) is 0.267. The molecule has 0 saturated carbocycles. The summed E-state index contributed by atoms with van der Waals surface area (Å²) in [5.41, 5.74) is 6.07. The number of hydrogen-bond donors (Lipinski definition) is 0. The van der Waals surface area contributed by atoms with E-state index in [0.717, 1.165) is 22.5 Å². The minimum atomic E-state index is 0. The number of hydrogen-bond acceptors (Lipinski definition) is 3. The third kappa shape index (κ3) is 6.20. The number of nitrogens with zero attached hydrogens (tertiary/aromatic N) is 2. The summed E-state index contributed by atoms with van der Waals surface area (Å²) in [6, 6.07) is 26.7. The molecule has 0 unspecified atom stereocenters. The molecule has 0 fully saturated rings. The number of rotatable bonds is 4. The minimum Gasteiger partial charge on any atom is -0.497 e. The molecule has 0 aliphatic carbocycles. The van der Waals surface area contributed by atoms with Crippen molar-refractivity contribution in [3.05, 3.63) is 96.3 Å². The van der Waals surface area contributed by atoms with Gasteiger partial charge in [-0.05, 0) is 33.3 Å². The molecule has 34 heavy (non-hydrogen) atoms. The van der Waals surface area contributed by atoms with Crippen LogP contribution < -0.4 is 4.74 Å². The van der Waals surface area contributed by atoms with E-state index < -0.39 is 0 Å². The van der Waals surface area contributed by atoms with Crippen LogP contribution in [0.3, 0.4) is 0 Å². The summed E-state index contributed by atoms with van der Waals surface area (Å²) in [5, 5.41) is 0. The van der Waals surface area contributed by atoms with Crippen LogP contribution in [-0.2, 0) is 31.3 Å². The van der Waals surface area contributed by atoms with E-state index in [0.29, 0.717) is 11.5 Å². The first-order chi connectivity index (χ1) is 15.6. The van der Waals surface area contributed by atoms with Crippen LogP contribution in [0, 0.1) is 12.1 Å². The van der Waals surface area contributed by atoms with E-state index in [9.17, 15) is 0 Å². The van der Waals surface area contributed by atoms with Gasteiger partial charge in [-0.3, -0.25) is 0 Å². The molecule has 0 aliphatic heterocycles. The van der Waals surface area contributed by atoms with E-state index in [1.807, 2.05) is 60.9 Å². The quantitative estimate of drug-likeness (QED) is 0.196. The topological polar surface area (TPSA) is 35.0 Å². The van der Waals surface area contributed by atoms with Gasteiger partial charge < -0.3 is 14.7 Å². The van der Waals surface area contributed by atoms with Crippen molar-refractivity contribution in [2.24, 2.45) is 0 Å². The zero-order valence-electron chi connectivity index (χ0n) is 20.5. The van der Waals surface area contributed by atoms with Crippen LogP contribution in [0.2, 0.25) is 0 Å². The van der Waals surface area contributed by atoms with Gasteiger partial charge in [-0.15, -0.1) is 47.5 Å². The fourth-order valence-corrected chi connectivity index (χ4v) is 3.43. The molecule has 0 radical (unpaired) electrons. The summed E-state index contributed by atoms with van der Waals surface area (Å²) in [7, 11) is 0. The van der Waals surface area contributed by atoms with Crippen molar-refractivity contribution in [2.75, 3.05) is 0 Å². The van der Waals surface area contributed by atoms with E-state index in [-0.39, 0.29) is 31.3 Å². The van der Waals surface area contributed by atoms with E-state index >= 15 is 0 Å². The molecule has 2 aromatic carbocycles. The average Bonchev–Trinajstić information content (AvgIpc) is 2.78. The second-order valence-electron chi connectivity index (χ2n) is 10.3. The van der Waals surface area contributed by atoms with Crippen LogP contribution in [-0.4, -0.2) is 9.97 Å². The first kappa shape index (κ1) is 25.8. The van der Waals surface area contributed by atoms with Crippen molar-refractivity contribution in [3.63, 3.8) is 0 Å². The Kier molecular flexibility index (Phi) is 7.76. The van der Waals surface area contributed by atoms with Crippen molar-refractivity contribution >= 4 is 0 Å². The zero-order chi connectivity index (χ0) is 23.6. The Morgan fingerprint density at radius 2 is 1.00 bits per heavy atom. The van der Waals surface area contributed by atoms with Crippen molar-refractivity contribution in [1.29, 1.82) is 0 Å². The molecule has 4 heteroatoms. The Balaban J connectivity index is 0.00000324. The van der Waals surface area contributed by atoms with Gasteiger partial charge in [-0.2, -0.15) is 0 Å². The van der Waals surface area contributed by atoms with Crippen molar-refractivity contribution in [2.45, 2.75) is 52.4 Å². The van der Waals surface area contributed by atoms with Gasteiger partial charge in [0.25, 0.3) is 0 Å². The van der Waals surface area contributed by atoms with E-state index in [1.54, 1.807) is 0 Å². The SMILES string of the molecule is CC(C)(C)c1ccc(-c2[c-]c(Oc3[c-]c(-c4ccc(C(C)(C)C)cn4)ccc3)ccc2)nc1.[Pd+2]. The van der Waals surface area contributed by atoms with Crippen LogP contribution in [0.25, 0.3) is 22.5 Å². The summed E-state index contributed by atoms with van der Waals surface area (Å²) < 4.78 is 6.09. The maximum absolute atomic E-state index is 6.09. The minimum absolute atomic E-state index is 0. The molecule has 4 rings (SSSR count). The van der Waals surface area contributed by atoms with Crippen LogP contribution in [0.5, 0.6) is 11.5 Å². The van der Waals surface area contributed by atoms with Crippen LogP contribution >= 0.6 is 0 Å². The Hall–Kier alpha value is -2.80. The predicted octanol–water partition coefficient (Wildman–Crippen LogP) is 7.80. The predicted molar refractivity (Wildman–Crippen MR) is 134 cm³/mol. The molecule has 0 N–H and O–H groups in total. The molecule has 176 valence electrons. The third-order valence-electron chi connectivity index (χ3n) is 5.57. The molecule has 0 aliphatic rings. The molecule has 0 spiro atoms. The second kappa shape index (κ2) is 10.2. The number of aromatic nitrogens is 2. The van der Waals surface area contributed by atoms with E-state index in [4.69, 9.17) is 4.74 Å². The molecule has 2 aromatic heterocycles. The number of ether oxygens (including phenoxy) is 1. The smallest absolute Gasteiger partial charge is 0.497 e. The summed E-state index contributed by atoms with van der Waals surface area (Å²) in [6.07, 6.45) is 3.87. The molecule has 0 atom stereocenters. The molecule has 0 amide bonds. The fourth-order valence-electron chi connectivity index (χ4n) is 3.43. The van der Waals surface area contributed by atoms with Gasteiger partial charge in [-0.25, -0.2) is 0 Å². The molecule has 4 aromatic rings. The van der Waals surface area contributed by atoms with Gasteiger partial charge in [0.15, 0.2) is 0 Å². The Morgan fingerprint density at radius 1 is 0.588 bits per heavy atom. The van der Waals surface area contributed by atoms with Crippen LogP contribution in [0.1, 0.15) is 52.7 Å². The Bertz CT molecular complexity index is 1140. The number of benzene rings is 2. The summed E-state index contributed by atoms with van der Waals surface area (Å²) in [4.78, 5) is 9.28. The largest absolute Gasteiger partial charge is 2.00 e. The monoisotopic (exact) mass is 540 g/mol. The second-order valence-corrected chi connectivity index (χ2v) is 10.3. The maximum atomic E-state index is 6.09. The molecule has 3 nitrogen and oxygen atoms in total. The first-order valence-corrected chi connectivity index (χ1v) is 11.3. The third-order valence-corrected chi connectivity index (χ3v) is 5.57. The van der Waals surface area contributed by atoms with Gasteiger partial charge in [-0.1, -0.05) is 77.9 Å². The Labute approximate surface area is 217 Å². The average molecular weight is 541 g/mol. The first-order valence-electron chi connectivity index (χ1n) is 11.3. The molecular weight excluding hydrogens is 511 g/mol. The summed E-state index contributed by atoms with van der Waals surface area (Å²) >= 11 is 0. The van der Waals surface area contributed by atoms with Gasteiger partial charge in [0.1, 0.15) is 0 Å². The molecular formula is C30H30N2OPd. The van der Waals surface area contributed by atoms with Crippen LogP contribution in [0.4, 0.5) is 0 Å². The van der Waals surface area contributed by atoms with Crippen molar-refractivity contribution in [1.82, 2.24) is 9.97 Å². The normalized spacial score (nSPS) is 11.6. The van der Waals surface area contributed by atoms with Crippen molar-refractivity contribution in [3.8, 4) is 34.0 Å². The standard InChI is InChI=1S/C30H30N2O.Pd/c1-29(2,3)23-13-15-27(31-19-23)21-9-7-11-25(17-21)33-26-12-8-10-22(18-26)28-16-14-24(20-32-28)30(4,5)6;/h7-16,19-20H,1-6H3;/q-2;+2. The summed E-state index contributed by atoms with van der Waals surface area (Å²) in [6.45, 7) is 13.1. The molecule has 2 heterocycles. The van der Waals surface area contributed by atoms with Gasteiger partial charge in [0.05, 0.1) is 0 Å².